The van der Waals surface area contributed by atoms with Gasteiger partial charge < -0.3 is 26.4 Å². The van der Waals surface area contributed by atoms with Gasteiger partial charge in [0.1, 0.15) is 12.1 Å². The van der Waals surface area contributed by atoms with Crippen molar-refractivity contribution in [1.29, 1.82) is 0 Å². The quantitative estimate of drug-likeness (QED) is 0.395. The fourth-order valence-electron chi connectivity index (χ4n) is 2.55. The Morgan fingerprint density at radius 1 is 1.36 bits per heavy atom. The summed E-state index contributed by atoms with van der Waals surface area (Å²) in [6.45, 7) is 1.58. The largest absolute Gasteiger partial charge is 0.480 e. The van der Waals surface area contributed by atoms with Gasteiger partial charge in [-0.25, -0.2) is 4.79 Å². The number of carbonyl (C=O) groups excluding carboxylic acids is 3. The molecular formula is C15H26N4O5S. The number of aliphatic carboxylic acids is 1. The van der Waals surface area contributed by atoms with Crippen molar-refractivity contribution in [2.24, 2.45) is 5.73 Å². The van der Waals surface area contributed by atoms with E-state index in [4.69, 9.17) is 5.73 Å². The third-order valence-electron chi connectivity index (χ3n) is 3.90. The van der Waals surface area contributed by atoms with Gasteiger partial charge in [-0.2, -0.15) is 11.8 Å². The fraction of sp³-hybridized carbons (Fsp3) is 0.733. The molecule has 9 nitrogen and oxygen atoms in total. The van der Waals surface area contributed by atoms with Crippen LogP contribution in [0, 0.1) is 0 Å². The maximum atomic E-state index is 12.7. The van der Waals surface area contributed by atoms with Crippen molar-refractivity contribution in [2.45, 2.75) is 44.3 Å². The first-order valence-corrected chi connectivity index (χ1v) is 9.52. The topological polar surface area (TPSA) is 142 Å². The molecule has 1 aliphatic heterocycles. The monoisotopic (exact) mass is 374 g/mol. The summed E-state index contributed by atoms with van der Waals surface area (Å²) in [5, 5.41) is 14.2. The molecule has 142 valence electrons. The maximum absolute atomic E-state index is 12.7. The van der Waals surface area contributed by atoms with Gasteiger partial charge in [0.2, 0.25) is 17.7 Å². The first-order valence-electron chi connectivity index (χ1n) is 8.12. The highest BCUT2D eigenvalue weighted by Gasteiger charge is 2.37. The normalized spacial score (nSPS) is 19.2. The molecule has 0 aromatic heterocycles. The van der Waals surface area contributed by atoms with E-state index in [9.17, 15) is 24.3 Å². The summed E-state index contributed by atoms with van der Waals surface area (Å²) < 4.78 is 0. The molecule has 3 atom stereocenters. The highest BCUT2D eigenvalue weighted by atomic mass is 32.2. The van der Waals surface area contributed by atoms with Gasteiger partial charge in [0.15, 0.2) is 0 Å². The second kappa shape index (κ2) is 10.2. The highest BCUT2D eigenvalue weighted by Crippen LogP contribution is 2.19. The van der Waals surface area contributed by atoms with Gasteiger partial charge in [0.25, 0.3) is 0 Å². The molecular weight excluding hydrogens is 348 g/mol. The Morgan fingerprint density at radius 2 is 2.04 bits per heavy atom. The van der Waals surface area contributed by atoms with E-state index < -0.39 is 41.8 Å². The van der Waals surface area contributed by atoms with E-state index in [2.05, 4.69) is 10.6 Å². The van der Waals surface area contributed by atoms with Gasteiger partial charge in [0.05, 0.1) is 12.6 Å². The van der Waals surface area contributed by atoms with Crippen LogP contribution >= 0.6 is 11.8 Å². The number of hydrogen-bond donors (Lipinski definition) is 4. The SMILES string of the molecule is CSCCC(NC(=O)CNC(=O)C(C)N)C(=O)N1CCCC1C(=O)O. The third kappa shape index (κ3) is 6.54. The molecule has 0 radical (unpaired) electrons. The molecule has 1 fully saturated rings. The number of amides is 3. The summed E-state index contributed by atoms with van der Waals surface area (Å²) >= 11 is 1.52. The van der Waals surface area contributed by atoms with E-state index in [0.717, 1.165) is 0 Å². The van der Waals surface area contributed by atoms with Crippen molar-refractivity contribution < 1.29 is 24.3 Å². The fourth-order valence-corrected chi connectivity index (χ4v) is 3.03. The number of rotatable bonds is 9. The minimum atomic E-state index is -1.04. The second-order valence-corrected chi connectivity index (χ2v) is 6.92. The zero-order valence-electron chi connectivity index (χ0n) is 14.5. The summed E-state index contributed by atoms with van der Waals surface area (Å²) in [5.41, 5.74) is 5.40. The summed E-state index contributed by atoms with van der Waals surface area (Å²) in [6, 6.07) is -2.39. The lowest BCUT2D eigenvalue weighted by atomic mass is 10.1. The van der Waals surface area contributed by atoms with Crippen LogP contribution in [0.5, 0.6) is 0 Å². The van der Waals surface area contributed by atoms with E-state index in [0.29, 0.717) is 31.6 Å². The molecule has 0 aromatic rings. The molecule has 0 saturated carbocycles. The van der Waals surface area contributed by atoms with Crippen molar-refractivity contribution in [1.82, 2.24) is 15.5 Å². The molecule has 1 aliphatic rings. The Morgan fingerprint density at radius 3 is 2.60 bits per heavy atom. The average Bonchev–Trinajstić information content (AvgIpc) is 3.05. The predicted octanol–water partition coefficient (Wildman–Crippen LogP) is -1.24. The number of carboxylic acids is 1. The van der Waals surface area contributed by atoms with Crippen LogP contribution in [-0.2, 0) is 19.2 Å². The number of hydrogen-bond acceptors (Lipinski definition) is 6. The van der Waals surface area contributed by atoms with E-state index in [1.54, 1.807) is 0 Å². The lowest BCUT2D eigenvalue weighted by Crippen LogP contribution is -2.53. The van der Waals surface area contributed by atoms with Gasteiger partial charge in [-0.05, 0) is 38.2 Å². The standard InChI is InChI=1S/C15H26N4O5S/c1-9(16)13(21)17-8-12(20)18-10(5-7-25-2)14(22)19-6-3-4-11(19)15(23)24/h9-11H,3-8,16H2,1-2H3,(H,17,21)(H,18,20)(H,23,24). The Balaban J connectivity index is 2.69. The highest BCUT2D eigenvalue weighted by molar-refractivity contribution is 7.98. The Labute approximate surface area is 151 Å². The first kappa shape index (κ1) is 21.2. The van der Waals surface area contributed by atoms with Crippen LogP contribution in [0.4, 0.5) is 0 Å². The molecule has 3 unspecified atom stereocenters. The summed E-state index contributed by atoms with van der Waals surface area (Å²) in [6.07, 6.45) is 3.29. The van der Waals surface area contributed by atoms with E-state index in [1.807, 2.05) is 6.26 Å². The third-order valence-corrected chi connectivity index (χ3v) is 4.55. The minimum absolute atomic E-state index is 0.286. The molecule has 1 saturated heterocycles. The number of carboxylic acid groups (broad SMARTS) is 1. The van der Waals surface area contributed by atoms with Crippen LogP contribution in [0.2, 0.25) is 0 Å². The molecule has 0 bridgehead atoms. The Hall–Kier alpha value is -1.81. The molecule has 3 amide bonds. The van der Waals surface area contributed by atoms with Gasteiger partial charge in [-0.1, -0.05) is 0 Å². The van der Waals surface area contributed by atoms with E-state index in [1.165, 1.54) is 23.6 Å². The first-order chi connectivity index (χ1) is 11.8. The van der Waals surface area contributed by atoms with Crippen LogP contribution in [0.1, 0.15) is 26.2 Å². The van der Waals surface area contributed by atoms with Gasteiger partial charge in [-0.15, -0.1) is 0 Å². The van der Waals surface area contributed by atoms with Crippen LogP contribution in [0.25, 0.3) is 0 Å². The molecule has 0 aromatic carbocycles. The molecule has 1 heterocycles. The predicted molar refractivity (Wildman–Crippen MR) is 94.0 cm³/mol. The molecule has 0 spiro atoms. The van der Waals surface area contributed by atoms with E-state index >= 15 is 0 Å². The van der Waals surface area contributed by atoms with Gasteiger partial charge in [0, 0.05) is 6.54 Å². The molecule has 0 aliphatic carbocycles. The van der Waals surface area contributed by atoms with Crippen LogP contribution in [-0.4, -0.2) is 76.9 Å². The molecule has 1 rings (SSSR count). The number of nitrogens with zero attached hydrogens (tertiary/aromatic N) is 1. The number of nitrogens with two attached hydrogens (primary N) is 1. The van der Waals surface area contributed by atoms with Crippen LogP contribution in [0.3, 0.4) is 0 Å². The number of likely N-dealkylation sites (tertiary alicyclic amines) is 1. The van der Waals surface area contributed by atoms with E-state index in [-0.39, 0.29) is 6.54 Å². The van der Waals surface area contributed by atoms with Crippen LogP contribution < -0.4 is 16.4 Å². The lowest BCUT2D eigenvalue weighted by Gasteiger charge is -2.27. The summed E-state index contributed by atoms with van der Waals surface area (Å²) in [5.74, 6) is -1.78. The summed E-state index contributed by atoms with van der Waals surface area (Å²) in [7, 11) is 0. The van der Waals surface area contributed by atoms with Crippen molar-refractivity contribution in [3.8, 4) is 0 Å². The number of carbonyl (C=O) groups is 4. The second-order valence-electron chi connectivity index (χ2n) is 5.94. The Kier molecular flexibility index (Phi) is 8.70. The van der Waals surface area contributed by atoms with Crippen molar-refractivity contribution in [3.05, 3.63) is 0 Å². The average molecular weight is 374 g/mol. The number of nitrogens with one attached hydrogen (secondary N) is 2. The molecule has 10 heteroatoms. The van der Waals surface area contributed by atoms with Crippen LogP contribution in [0.15, 0.2) is 0 Å². The number of thioether (sulfide) groups is 1. The van der Waals surface area contributed by atoms with Crippen molar-refractivity contribution in [2.75, 3.05) is 25.1 Å². The maximum Gasteiger partial charge on any atom is 0.326 e. The molecule has 5 N–H and O–H groups in total. The van der Waals surface area contributed by atoms with Crippen molar-refractivity contribution in [3.63, 3.8) is 0 Å². The van der Waals surface area contributed by atoms with Gasteiger partial charge >= 0.3 is 5.97 Å². The molecule has 25 heavy (non-hydrogen) atoms. The smallest absolute Gasteiger partial charge is 0.326 e. The van der Waals surface area contributed by atoms with Gasteiger partial charge in [-0.3, -0.25) is 14.4 Å². The minimum Gasteiger partial charge on any atom is -0.480 e. The van der Waals surface area contributed by atoms with Crippen molar-refractivity contribution >= 4 is 35.5 Å². The lowest BCUT2D eigenvalue weighted by molar-refractivity contribution is -0.149. The zero-order valence-corrected chi connectivity index (χ0v) is 15.3. The zero-order chi connectivity index (χ0) is 19.0. The summed E-state index contributed by atoms with van der Waals surface area (Å²) in [4.78, 5) is 48.7. The Bertz CT molecular complexity index is 514.